The lowest BCUT2D eigenvalue weighted by atomic mass is 10.0. The van der Waals surface area contributed by atoms with Crippen molar-refractivity contribution in [2.75, 3.05) is 0 Å². The summed E-state index contributed by atoms with van der Waals surface area (Å²) in [5, 5.41) is 6.67. The summed E-state index contributed by atoms with van der Waals surface area (Å²) in [5.41, 5.74) is 12.8. The number of allylic oxidation sites excluding steroid dienone is 5. The van der Waals surface area contributed by atoms with Crippen LogP contribution in [0.1, 0.15) is 12.7 Å². The average Bonchev–Trinajstić information content (AvgIpc) is 3.99. The van der Waals surface area contributed by atoms with Gasteiger partial charge in [0.15, 0.2) is 11.2 Å². The minimum Gasteiger partial charge on any atom is -0.454 e. The van der Waals surface area contributed by atoms with E-state index in [0.717, 1.165) is 105 Å². The van der Waals surface area contributed by atoms with Crippen molar-refractivity contribution < 1.29 is 8.83 Å². The largest absolute Gasteiger partial charge is 0.454 e. The number of hydrogen-bond donors (Lipinski definition) is 0. The fourth-order valence-electron chi connectivity index (χ4n) is 8.42. The van der Waals surface area contributed by atoms with Gasteiger partial charge < -0.3 is 13.4 Å². The van der Waals surface area contributed by atoms with Crippen molar-refractivity contribution in [2.45, 2.75) is 6.92 Å². The van der Waals surface area contributed by atoms with Crippen LogP contribution >= 0.6 is 0 Å². The number of fused-ring (bicyclic) bond motifs is 11. The van der Waals surface area contributed by atoms with E-state index in [4.69, 9.17) is 13.8 Å². The van der Waals surface area contributed by atoms with Gasteiger partial charge in [-0.3, -0.25) is 4.57 Å². The molecule has 4 heterocycles. The van der Waals surface area contributed by atoms with E-state index in [1.165, 1.54) is 5.39 Å². The zero-order valence-corrected chi connectivity index (χ0v) is 30.0. The van der Waals surface area contributed by atoms with E-state index in [1.54, 1.807) is 0 Å². The molecule has 0 bridgehead atoms. The first-order chi connectivity index (χ1) is 27.2. The highest BCUT2D eigenvalue weighted by Crippen LogP contribution is 2.43. The Morgan fingerprint density at radius 3 is 2.11 bits per heavy atom. The highest BCUT2D eigenvalue weighted by atomic mass is 16.3. The van der Waals surface area contributed by atoms with Crippen LogP contribution in [0.4, 0.5) is 0 Å². The minimum atomic E-state index is 0.838. The van der Waals surface area contributed by atoms with E-state index in [2.05, 4.69) is 149 Å². The lowest BCUT2D eigenvalue weighted by Gasteiger charge is -2.11. The highest BCUT2D eigenvalue weighted by molar-refractivity contribution is 6.22. The van der Waals surface area contributed by atoms with Crippen molar-refractivity contribution in [2.24, 2.45) is 0 Å². The number of benzene rings is 7. The van der Waals surface area contributed by atoms with Gasteiger partial charge in [-0.15, -0.1) is 0 Å². The summed E-state index contributed by atoms with van der Waals surface area (Å²) in [6, 6.07) is 51.1. The summed E-state index contributed by atoms with van der Waals surface area (Å²) in [6.07, 6.45) is 7.91. The molecule has 0 aliphatic rings. The molecule has 7 aromatic carbocycles. The SMILES string of the molecule is C=C/C=C(\C=C/C)c1nc2ccccc2n1-c1ccc(-c2ccc3c(c2)oc2c(-n4c5ccccc5c5ccc6c7ccccc7oc6c54)cccc23)cc1. The van der Waals surface area contributed by atoms with E-state index in [1.807, 2.05) is 43.4 Å². The summed E-state index contributed by atoms with van der Waals surface area (Å²) in [5.74, 6) is 0.871. The number of para-hydroxylation sites is 5. The van der Waals surface area contributed by atoms with Crippen LogP contribution in [0.3, 0.4) is 0 Å². The zero-order chi connectivity index (χ0) is 36.6. The van der Waals surface area contributed by atoms with Crippen LogP contribution in [0.25, 0.3) is 105 Å². The molecule has 260 valence electrons. The number of nitrogens with zero attached hydrogens (tertiary/aromatic N) is 3. The van der Waals surface area contributed by atoms with Gasteiger partial charge in [0.25, 0.3) is 0 Å². The van der Waals surface area contributed by atoms with Crippen molar-refractivity contribution in [3.63, 3.8) is 0 Å². The monoisotopic (exact) mass is 707 g/mol. The lowest BCUT2D eigenvalue weighted by Crippen LogP contribution is -2.00. The Labute approximate surface area is 316 Å². The number of hydrogen-bond acceptors (Lipinski definition) is 3. The molecule has 0 aliphatic carbocycles. The van der Waals surface area contributed by atoms with Crippen LogP contribution in [-0.4, -0.2) is 14.1 Å². The van der Waals surface area contributed by atoms with Crippen LogP contribution in [0.15, 0.2) is 185 Å². The molecule has 0 N–H and O–H groups in total. The zero-order valence-electron chi connectivity index (χ0n) is 30.0. The molecule has 0 atom stereocenters. The molecular weight excluding hydrogens is 675 g/mol. The fourth-order valence-corrected chi connectivity index (χ4v) is 8.42. The van der Waals surface area contributed by atoms with Crippen molar-refractivity contribution in [1.29, 1.82) is 0 Å². The number of rotatable bonds is 6. The molecule has 0 saturated carbocycles. The second-order valence-electron chi connectivity index (χ2n) is 13.9. The van der Waals surface area contributed by atoms with Gasteiger partial charge in [0.05, 0.1) is 27.8 Å². The number of aromatic nitrogens is 3. The quantitative estimate of drug-likeness (QED) is 0.162. The molecule has 4 aromatic heterocycles. The molecule has 0 unspecified atom stereocenters. The third-order valence-corrected chi connectivity index (χ3v) is 10.8. The van der Waals surface area contributed by atoms with Crippen molar-refractivity contribution >= 4 is 82.3 Å². The molecule has 0 spiro atoms. The first-order valence-corrected chi connectivity index (χ1v) is 18.5. The Morgan fingerprint density at radius 2 is 1.25 bits per heavy atom. The van der Waals surface area contributed by atoms with Gasteiger partial charge in [0.1, 0.15) is 17.0 Å². The second kappa shape index (κ2) is 12.1. The van der Waals surface area contributed by atoms with Crippen LogP contribution < -0.4 is 0 Å². The smallest absolute Gasteiger partial charge is 0.160 e. The number of imidazole rings is 1. The fraction of sp³-hybridized carbons (Fsp3) is 0.0200. The van der Waals surface area contributed by atoms with E-state index < -0.39 is 0 Å². The van der Waals surface area contributed by atoms with Gasteiger partial charge >= 0.3 is 0 Å². The Hall–Kier alpha value is -7.37. The van der Waals surface area contributed by atoms with Gasteiger partial charge in [-0.25, -0.2) is 4.98 Å². The Kier molecular flexibility index (Phi) is 6.85. The molecule has 0 radical (unpaired) electrons. The average molecular weight is 708 g/mol. The second-order valence-corrected chi connectivity index (χ2v) is 13.9. The molecule has 0 fully saturated rings. The molecule has 5 heteroatoms. The molecule has 0 aliphatic heterocycles. The van der Waals surface area contributed by atoms with E-state index >= 15 is 0 Å². The third kappa shape index (κ3) is 4.63. The van der Waals surface area contributed by atoms with E-state index in [9.17, 15) is 0 Å². The lowest BCUT2D eigenvalue weighted by molar-refractivity contribution is 0.665. The number of furan rings is 2. The summed E-state index contributed by atoms with van der Waals surface area (Å²) in [7, 11) is 0. The van der Waals surface area contributed by atoms with E-state index in [-0.39, 0.29) is 0 Å². The van der Waals surface area contributed by atoms with Crippen molar-refractivity contribution in [3.05, 3.63) is 182 Å². The molecule has 0 amide bonds. The van der Waals surface area contributed by atoms with Gasteiger partial charge in [-0.2, -0.15) is 0 Å². The predicted molar refractivity (Wildman–Crippen MR) is 228 cm³/mol. The van der Waals surface area contributed by atoms with Crippen LogP contribution in [0, 0.1) is 0 Å². The molecule has 0 saturated heterocycles. The maximum absolute atomic E-state index is 6.87. The topological polar surface area (TPSA) is 49.0 Å². The standard InChI is InChI=1S/C50H33N3O2/c1-3-12-32(13-4-2)50-51-41-17-7-9-19-43(41)52(50)34-25-22-31(23-26-34)33-24-27-37-39-16-11-20-44(48(39)55-46(37)30-33)53-42-18-8-5-14-35(42)38-28-29-40-36-15-6-10-21-45(36)54-49(40)47(38)53/h3-30H,1H2,2H3/b13-4-,32-12+. The van der Waals surface area contributed by atoms with Crippen LogP contribution in [0.2, 0.25) is 0 Å². The maximum atomic E-state index is 6.87. The summed E-state index contributed by atoms with van der Waals surface area (Å²) >= 11 is 0. The van der Waals surface area contributed by atoms with Crippen LogP contribution in [0.5, 0.6) is 0 Å². The maximum Gasteiger partial charge on any atom is 0.160 e. The first kappa shape index (κ1) is 31.2. The molecular formula is C50H33N3O2. The van der Waals surface area contributed by atoms with Crippen LogP contribution in [-0.2, 0) is 0 Å². The highest BCUT2D eigenvalue weighted by Gasteiger charge is 2.22. The van der Waals surface area contributed by atoms with Gasteiger partial charge in [0.2, 0.25) is 0 Å². The van der Waals surface area contributed by atoms with Gasteiger partial charge in [-0.1, -0.05) is 116 Å². The van der Waals surface area contributed by atoms with E-state index in [0.29, 0.717) is 0 Å². The molecule has 5 nitrogen and oxygen atoms in total. The van der Waals surface area contributed by atoms with Crippen molar-refractivity contribution in [3.8, 4) is 22.5 Å². The Bertz CT molecular complexity index is 3400. The Morgan fingerprint density at radius 1 is 0.582 bits per heavy atom. The Balaban J connectivity index is 1.06. The first-order valence-electron chi connectivity index (χ1n) is 18.5. The van der Waals surface area contributed by atoms with Gasteiger partial charge in [0, 0.05) is 43.6 Å². The predicted octanol–water partition coefficient (Wildman–Crippen LogP) is 13.7. The normalized spacial score (nSPS) is 12.6. The molecule has 55 heavy (non-hydrogen) atoms. The van der Waals surface area contributed by atoms with Gasteiger partial charge in [-0.05, 0) is 78.7 Å². The molecule has 11 aromatic rings. The summed E-state index contributed by atoms with van der Waals surface area (Å²) in [6.45, 7) is 5.96. The van der Waals surface area contributed by atoms with Crippen molar-refractivity contribution in [1.82, 2.24) is 14.1 Å². The molecule has 11 rings (SSSR count). The summed E-state index contributed by atoms with van der Waals surface area (Å²) < 4.78 is 18.0. The minimum absolute atomic E-state index is 0.838. The summed E-state index contributed by atoms with van der Waals surface area (Å²) in [4.78, 5) is 5.02. The third-order valence-electron chi connectivity index (χ3n) is 10.8.